The van der Waals surface area contributed by atoms with Crippen LogP contribution < -0.4 is 19.9 Å². The smallest absolute Gasteiger partial charge is 0.238 e. The van der Waals surface area contributed by atoms with Crippen molar-refractivity contribution in [3.05, 3.63) is 53.6 Å². The monoisotopic (exact) mass is 376 g/mol. The summed E-state index contributed by atoms with van der Waals surface area (Å²) >= 11 is 0. The molecule has 1 aliphatic rings. The van der Waals surface area contributed by atoms with E-state index in [2.05, 4.69) is 5.32 Å². The highest BCUT2D eigenvalue weighted by Crippen LogP contribution is 2.32. The van der Waals surface area contributed by atoms with E-state index < -0.39 is 10.0 Å². The van der Waals surface area contributed by atoms with Crippen LogP contribution in [0.15, 0.2) is 47.4 Å². The Kier molecular flexibility index (Phi) is 5.15. The highest BCUT2D eigenvalue weighted by molar-refractivity contribution is 7.89. The zero-order valence-electron chi connectivity index (χ0n) is 14.3. The van der Waals surface area contributed by atoms with Crippen LogP contribution in [0.1, 0.15) is 30.5 Å². The molecule has 1 atom stereocenters. The number of carbonyl (C=O) groups excluding carboxylic acids is 1. The van der Waals surface area contributed by atoms with Gasteiger partial charge >= 0.3 is 0 Å². The number of benzene rings is 2. The molecule has 0 saturated carbocycles. The molecule has 2 aromatic carbocycles. The van der Waals surface area contributed by atoms with E-state index in [0.29, 0.717) is 18.6 Å². The topological polar surface area (TPSA) is 108 Å². The highest BCUT2D eigenvalue weighted by atomic mass is 32.2. The van der Waals surface area contributed by atoms with Gasteiger partial charge in [0.2, 0.25) is 22.7 Å². The van der Waals surface area contributed by atoms with Crippen LogP contribution in [0.4, 0.5) is 0 Å². The fourth-order valence-electron chi connectivity index (χ4n) is 2.70. The maximum atomic E-state index is 12.2. The van der Waals surface area contributed by atoms with Crippen LogP contribution in [0.3, 0.4) is 0 Å². The molecule has 0 saturated heterocycles. The van der Waals surface area contributed by atoms with Gasteiger partial charge in [-0.15, -0.1) is 0 Å². The van der Waals surface area contributed by atoms with Crippen molar-refractivity contribution in [2.45, 2.75) is 30.7 Å². The average Bonchev–Trinajstić information content (AvgIpc) is 3.07. The number of rotatable bonds is 6. The summed E-state index contributed by atoms with van der Waals surface area (Å²) in [5.74, 6) is 1.33. The van der Waals surface area contributed by atoms with E-state index in [1.165, 1.54) is 12.1 Å². The Morgan fingerprint density at radius 3 is 2.54 bits per heavy atom. The first-order valence-electron chi connectivity index (χ1n) is 8.13. The Bertz CT molecular complexity index is 910. The number of hydrogen-bond donors (Lipinski definition) is 2. The average molecular weight is 376 g/mol. The predicted molar refractivity (Wildman–Crippen MR) is 95.3 cm³/mol. The van der Waals surface area contributed by atoms with Gasteiger partial charge in [-0.3, -0.25) is 4.79 Å². The second-order valence-corrected chi connectivity index (χ2v) is 7.65. The number of primary sulfonamides is 1. The number of hydrogen-bond acceptors (Lipinski definition) is 5. The molecule has 2 aromatic rings. The van der Waals surface area contributed by atoms with Crippen molar-refractivity contribution in [2.75, 3.05) is 6.79 Å². The van der Waals surface area contributed by atoms with Gasteiger partial charge in [0.25, 0.3) is 0 Å². The third-order valence-electron chi connectivity index (χ3n) is 4.16. The van der Waals surface area contributed by atoms with Crippen LogP contribution >= 0.6 is 0 Å². The molecular weight excluding hydrogens is 356 g/mol. The van der Waals surface area contributed by atoms with Crippen LogP contribution in [0.25, 0.3) is 0 Å². The number of nitrogens with one attached hydrogen (secondary N) is 1. The zero-order valence-corrected chi connectivity index (χ0v) is 15.1. The molecule has 0 spiro atoms. The minimum absolute atomic E-state index is 0.0441. The zero-order chi connectivity index (χ0) is 18.7. The number of fused-ring (bicyclic) bond motifs is 1. The molecular formula is C18H20N2O5S. The van der Waals surface area contributed by atoms with Crippen molar-refractivity contribution in [3.63, 3.8) is 0 Å². The first-order chi connectivity index (χ1) is 12.3. The summed E-state index contributed by atoms with van der Waals surface area (Å²) in [6.07, 6.45) is 0.915. The SMILES string of the molecule is C[C@@H](NC(=O)CCc1ccc2c(c1)OCO2)c1ccc(S(N)(=O)=O)cc1. The van der Waals surface area contributed by atoms with Gasteiger partial charge in [-0.25, -0.2) is 13.6 Å². The van der Waals surface area contributed by atoms with Crippen LogP contribution in [0.5, 0.6) is 11.5 Å². The summed E-state index contributed by atoms with van der Waals surface area (Å²) in [4.78, 5) is 12.2. The summed E-state index contributed by atoms with van der Waals surface area (Å²) < 4.78 is 33.1. The number of aryl methyl sites for hydroxylation is 1. The number of ether oxygens (including phenoxy) is 2. The molecule has 8 heteroatoms. The fourth-order valence-corrected chi connectivity index (χ4v) is 3.21. The molecule has 26 heavy (non-hydrogen) atoms. The second kappa shape index (κ2) is 7.35. The van der Waals surface area contributed by atoms with Crippen molar-refractivity contribution in [1.82, 2.24) is 5.32 Å². The summed E-state index contributed by atoms with van der Waals surface area (Å²) in [5, 5.41) is 7.98. The lowest BCUT2D eigenvalue weighted by Gasteiger charge is -2.15. The summed E-state index contributed by atoms with van der Waals surface area (Å²) in [6.45, 7) is 2.06. The van der Waals surface area contributed by atoms with Crippen molar-refractivity contribution >= 4 is 15.9 Å². The van der Waals surface area contributed by atoms with Gasteiger partial charge in [0, 0.05) is 6.42 Å². The molecule has 0 fully saturated rings. The van der Waals surface area contributed by atoms with Crippen LogP contribution in [0.2, 0.25) is 0 Å². The molecule has 3 rings (SSSR count). The number of carbonyl (C=O) groups is 1. The maximum Gasteiger partial charge on any atom is 0.238 e. The van der Waals surface area contributed by atoms with E-state index >= 15 is 0 Å². The molecule has 0 unspecified atom stereocenters. The van der Waals surface area contributed by atoms with Crippen molar-refractivity contribution in [2.24, 2.45) is 5.14 Å². The Hall–Kier alpha value is -2.58. The van der Waals surface area contributed by atoms with Gasteiger partial charge < -0.3 is 14.8 Å². The van der Waals surface area contributed by atoms with Crippen LogP contribution in [-0.4, -0.2) is 21.1 Å². The van der Waals surface area contributed by atoms with E-state index in [0.717, 1.165) is 16.9 Å². The predicted octanol–water partition coefficient (Wildman–Crippen LogP) is 1.87. The van der Waals surface area contributed by atoms with Crippen LogP contribution in [-0.2, 0) is 21.2 Å². The Morgan fingerprint density at radius 2 is 1.85 bits per heavy atom. The van der Waals surface area contributed by atoms with Gasteiger partial charge in [-0.1, -0.05) is 18.2 Å². The molecule has 138 valence electrons. The molecule has 1 amide bonds. The fraction of sp³-hybridized carbons (Fsp3) is 0.278. The molecule has 3 N–H and O–H groups in total. The molecule has 0 radical (unpaired) electrons. The number of nitrogens with two attached hydrogens (primary N) is 1. The Labute approximate surface area is 152 Å². The number of amides is 1. The molecule has 0 aromatic heterocycles. The lowest BCUT2D eigenvalue weighted by molar-refractivity contribution is -0.121. The van der Waals surface area contributed by atoms with E-state index in [1.54, 1.807) is 12.1 Å². The van der Waals surface area contributed by atoms with Gasteiger partial charge in [0.1, 0.15) is 0 Å². The molecule has 0 bridgehead atoms. The largest absolute Gasteiger partial charge is 0.454 e. The van der Waals surface area contributed by atoms with Gasteiger partial charge in [-0.05, 0) is 48.7 Å². The van der Waals surface area contributed by atoms with Crippen molar-refractivity contribution in [3.8, 4) is 11.5 Å². The lowest BCUT2D eigenvalue weighted by Crippen LogP contribution is -2.26. The van der Waals surface area contributed by atoms with E-state index in [4.69, 9.17) is 14.6 Å². The van der Waals surface area contributed by atoms with Crippen molar-refractivity contribution < 1.29 is 22.7 Å². The summed E-state index contributed by atoms with van der Waals surface area (Å²) in [5.41, 5.74) is 1.79. The summed E-state index contributed by atoms with van der Waals surface area (Å²) in [7, 11) is -3.72. The first kappa shape index (κ1) is 18.2. The van der Waals surface area contributed by atoms with E-state index in [1.807, 2.05) is 25.1 Å². The lowest BCUT2D eigenvalue weighted by atomic mass is 10.1. The van der Waals surface area contributed by atoms with Gasteiger partial charge in [-0.2, -0.15) is 0 Å². The first-order valence-corrected chi connectivity index (χ1v) is 9.68. The normalized spacial score (nSPS) is 14.1. The highest BCUT2D eigenvalue weighted by Gasteiger charge is 2.15. The molecule has 7 nitrogen and oxygen atoms in total. The Balaban J connectivity index is 1.54. The van der Waals surface area contributed by atoms with Crippen molar-refractivity contribution in [1.29, 1.82) is 0 Å². The van der Waals surface area contributed by atoms with E-state index in [-0.39, 0.29) is 23.6 Å². The maximum absolute atomic E-state index is 12.2. The number of sulfonamides is 1. The molecule has 1 aliphatic heterocycles. The van der Waals surface area contributed by atoms with Gasteiger partial charge in [0.05, 0.1) is 10.9 Å². The summed E-state index contributed by atoms with van der Waals surface area (Å²) in [6, 6.07) is 11.5. The Morgan fingerprint density at radius 1 is 1.15 bits per heavy atom. The third-order valence-corrected chi connectivity index (χ3v) is 5.09. The van der Waals surface area contributed by atoms with E-state index in [9.17, 15) is 13.2 Å². The molecule has 1 heterocycles. The van der Waals surface area contributed by atoms with Gasteiger partial charge in [0.15, 0.2) is 11.5 Å². The minimum atomic E-state index is -3.72. The third kappa shape index (κ3) is 4.33. The van der Waals surface area contributed by atoms with Crippen LogP contribution in [0, 0.1) is 0 Å². The molecule has 0 aliphatic carbocycles. The quantitative estimate of drug-likeness (QED) is 0.800. The second-order valence-electron chi connectivity index (χ2n) is 6.09. The minimum Gasteiger partial charge on any atom is -0.454 e. The standard InChI is InChI=1S/C18H20N2O5S/c1-12(14-4-6-15(7-5-14)26(19,22)23)20-18(21)9-3-13-2-8-16-17(10-13)25-11-24-16/h2,4-8,10,12H,3,9,11H2,1H3,(H,20,21)(H2,19,22,23)/t12-/m1/s1.